The van der Waals surface area contributed by atoms with Crippen LogP contribution >= 0.6 is 11.8 Å². The average Bonchev–Trinajstić information content (AvgIpc) is 2.93. The highest BCUT2D eigenvalue weighted by molar-refractivity contribution is 8.03. The van der Waals surface area contributed by atoms with E-state index < -0.39 is 18.0 Å². The van der Waals surface area contributed by atoms with Gasteiger partial charge in [0.2, 0.25) is 11.8 Å². The van der Waals surface area contributed by atoms with E-state index in [0.29, 0.717) is 23.6 Å². The second kappa shape index (κ2) is 7.78. The number of aliphatic hydroxyl groups is 1. The zero-order chi connectivity index (χ0) is 19.9. The first kappa shape index (κ1) is 20.1. The summed E-state index contributed by atoms with van der Waals surface area (Å²) in [4.78, 5) is 39.2. The SMILES string of the molecule is C[C@@H](O)[C@H]1C(=O)N2C(C(=O)O)=C(SCC(N)N3CCCC(C(N)=O)C3)C[C@H]12. The van der Waals surface area contributed by atoms with Crippen molar-refractivity contribution in [2.45, 2.75) is 44.5 Å². The van der Waals surface area contributed by atoms with Gasteiger partial charge in [0.1, 0.15) is 5.70 Å². The van der Waals surface area contributed by atoms with E-state index in [1.54, 1.807) is 6.92 Å². The number of hydrogen-bond donors (Lipinski definition) is 4. The Hall–Kier alpha value is -1.62. The van der Waals surface area contributed by atoms with Gasteiger partial charge in [0.15, 0.2) is 0 Å². The molecule has 3 heterocycles. The van der Waals surface area contributed by atoms with Crippen molar-refractivity contribution in [2.24, 2.45) is 23.3 Å². The van der Waals surface area contributed by atoms with Gasteiger partial charge in [-0.15, -0.1) is 11.8 Å². The van der Waals surface area contributed by atoms with Gasteiger partial charge in [0.05, 0.1) is 30.1 Å². The second-order valence-corrected chi connectivity index (χ2v) is 8.55. The van der Waals surface area contributed by atoms with Crippen LogP contribution in [0.4, 0.5) is 0 Å². The summed E-state index contributed by atoms with van der Waals surface area (Å²) >= 11 is 1.34. The Morgan fingerprint density at radius 3 is 2.70 bits per heavy atom. The topological polar surface area (TPSA) is 150 Å². The van der Waals surface area contributed by atoms with Crippen molar-refractivity contribution in [1.29, 1.82) is 0 Å². The van der Waals surface area contributed by atoms with E-state index in [-0.39, 0.29) is 35.6 Å². The summed E-state index contributed by atoms with van der Waals surface area (Å²) in [6.45, 7) is 2.83. The number of β-lactam (4-membered cyclic amide) rings is 1. The number of rotatable bonds is 7. The number of aliphatic hydroxyl groups excluding tert-OH is 1. The van der Waals surface area contributed by atoms with Crippen molar-refractivity contribution < 1.29 is 24.6 Å². The molecule has 0 bridgehead atoms. The number of thioether (sulfide) groups is 1. The highest BCUT2D eigenvalue weighted by atomic mass is 32.2. The summed E-state index contributed by atoms with van der Waals surface area (Å²) in [5, 5.41) is 19.3. The zero-order valence-electron chi connectivity index (χ0n) is 15.2. The van der Waals surface area contributed by atoms with Gasteiger partial charge < -0.3 is 26.6 Å². The minimum absolute atomic E-state index is 0.00718. The quantitative estimate of drug-likeness (QED) is 0.403. The van der Waals surface area contributed by atoms with E-state index in [1.807, 2.05) is 4.90 Å². The number of piperidine rings is 1. The number of hydrogen-bond acceptors (Lipinski definition) is 7. The highest BCUT2D eigenvalue weighted by Gasteiger charge is 2.56. The van der Waals surface area contributed by atoms with Crippen LogP contribution in [0, 0.1) is 11.8 Å². The molecule has 3 rings (SSSR count). The molecule has 150 valence electrons. The molecule has 6 N–H and O–H groups in total. The van der Waals surface area contributed by atoms with Gasteiger partial charge >= 0.3 is 5.97 Å². The number of nitrogens with zero attached hydrogens (tertiary/aromatic N) is 2. The van der Waals surface area contributed by atoms with Crippen LogP contribution in [0.2, 0.25) is 0 Å². The molecule has 0 aliphatic carbocycles. The van der Waals surface area contributed by atoms with Gasteiger partial charge in [-0.2, -0.15) is 0 Å². The average molecular weight is 398 g/mol. The maximum Gasteiger partial charge on any atom is 0.353 e. The lowest BCUT2D eigenvalue weighted by Crippen LogP contribution is -2.61. The van der Waals surface area contributed by atoms with Crippen LogP contribution in [0.25, 0.3) is 0 Å². The van der Waals surface area contributed by atoms with Crippen LogP contribution in [0.3, 0.4) is 0 Å². The summed E-state index contributed by atoms with van der Waals surface area (Å²) in [5.74, 6) is -2.11. The molecule has 2 fully saturated rings. The Labute approximate surface area is 161 Å². The van der Waals surface area contributed by atoms with Crippen LogP contribution < -0.4 is 11.5 Å². The summed E-state index contributed by atoms with van der Waals surface area (Å²) < 4.78 is 0. The molecule has 0 saturated carbocycles. The standard InChI is InChI=1S/C17H26N4O5S/c1-8(22)13-10-5-11(14(17(25)26)21(10)16(13)24)27-7-12(18)20-4-2-3-9(6-20)15(19)23/h8-10,12-13,22H,2-7,18H2,1H3,(H2,19,23)(H,25,26)/t8-,9?,10-,12?,13-/m1/s1. The van der Waals surface area contributed by atoms with E-state index in [2.05, 4.69) is 0 Å². The van der Waals surface area contributed by atoms with Crippen molar-refractivity contribution in [3.63, 3.8) is 0 Å². The molecular formula is C17H26N4O5S. The van der Waals surface area contributed by atoms with E-state index in [9.17, 15) is 24.6 Å². The number of likely N-dealkylation sites (tertiary alicyclic amines) is 1. The number of carboxylic acid groups (broad SMARTS) is 1. The molecule has 0 aromatic heterocycles. The molecule has 0 aromatic carbocycles. The van der Waals surface area contributed by atoms with E-state index in [0.717, 1.165) is 19.4 Å². The Kier molecular flexibility index (Phi) is 5.80. The molecule has 2 saturated heterocycles. The van der Waals surface area contributed by atoms with Crippen LogP contribution in [0.5, 0.6) is 0 Å². The van der Waals surface area contributed by atoms with Crippen LogP contribution in [-0.2, 0) is 14.4 Å². The minimum atomic E-state index is -1.14. The predicted octanol–water partition coefficient (Wildman–Crippen LogP) is -0.891. The van der Waals surface area contributed by atoms with Crippen LogP contribution in [0.15, 0.2) is 10.6 Å². The predicted molar refractivity (Wildman–Crippen MR) is 99.0 cm³/mol. The monoisotopic (exact) mass is 398 g/mol. The second-order valence-electron chi connectivity index (χ2n) is 7.44. The van der Waals surface area contributed by atoms with Crippen molar-refractivity contribution >= 4 is 29.5 Å². The van der Waals surface area contributed by atoms with Gasteiger partial charge in [-0.25, -0.2) is 4.79 Å². The number of nitrogens with two attached hydrogens (primary N) is 2. The zero-order valence-corrected chi connectivity index (χ0v) is 16.0. The van der Waals surface area contributed by atoms with Gasteiger partial charge in [0, 0.05) is 23.6 Å². The van der Waals surface area contributed by atoms with Gasteiger partial charge in [-0.05, 0) is 26.3 Å². The number of carboxylic acids is 1. The third kappa shape index (κ3) is 3.71. The molecule has 3 aliphatic heterocycles. The van der Waals surface area contributed by atoms with E-state index in [4.69, 9.17) is 11.5 Å². The molecule has 27 heavy (non-hydrogen) atoms. The van der Waals surface area contributed by atoms with Crippen molar-refractivity contribution in [2.75, 3.05) is 18.8 Å². The van der Waals surface area contributed by atoms with Crippen LogP contribution in [0.1, 0.15) is 26.2 Å². The maximum atomic E-state index is 12.2. The molecule has 2 unspecified atom stereocenters. The fourth-order valence-electron chi connectivity index (χ4n) is 4.19. The Balaban J connectivity index is 1.64. The van der Waals surface area contributed by atoms with Crippen molar-refractivity contribution in [1.82, 2.24) is 9.80 Å². The lowest BCUT2D eigenvalue weighted by molar-refractivity contribution is -0.161. The lowest BCUT2D eigenvalue weighted by atomic mass is 9.83. The summed E-state index contributed by atoms with van der Waals surface area (Å²) in [7, 11) is 0. The van der Waals surface area contributed by atoms with E-state index in [1.165, 1.54) is 16.7 Å². The number of amides is 2. The van der Waals surface area contributed by atoms with Gasteiger partial charge in [-0.3, -0.25) is 14.5 Å². The Morgan fingerprint density at radius 2 is 2.11 bits per heavy atom. The first-order valence-corrected chi connectivity index (χ1v) is 10.1. The smallest absolute Gasteiger partial charge is 0.353 e. The minimum Gasteiger partial charge on any atom is -0.477 e. The Bertz CT molecular complexity index is 682. The number of aliphatic carboxylic acids is 1. The van der Waals surface area contributed by atoms with Crippen molar-refractivity contribution in [3.8, 4) is 0 Å². The molecule has 0 spiro atoms. The lowest BCUT2D eigenvalue weighted by Gasteiger charge is -2.44. The fraction of sp³-hybridized carbons (Fsp3) is 0.706. The van der Waals surface area contributed by atoms with Gasteiger partial charge in [-0.1, -0.05) is 0 Å². The Morgan fingerprint density at radius 1 is 1.41 bits per heavy atom. The van der Waals surface area contributed by atoms with Crippen LogP contribution in [-0.4, -0.2) is 75.0 Å². The summed E-state index contributed by atoms with van der Waals surface area (Å²) in [5.41, 5.74) is 11.7. The maximum absolute atomic E-state index is 12.2. The largest absolute Gasteiger partial charge is 0.477 e. The number of carbonyl (C=O) groups is 3. The number of fused-ring (bicyclic) bond motifs is 1. The molecule has 5 atom stereocenters. The molecule has 0 aromatic rings. The molecule has 2 amide bonds. The van der Waals surface area contributed by atoms with Gasteiger partial charge in [0.25, 0.3) is 0 Å². The molecule has 0 radical (unpaired) electrons. The summed E-state index contributed by atoms with van der Waals surface area (Å²) in [6.07, 6.45) is 0.884. The third-order valence-electron chi connectivity index (χ3n) is 5.64. The first-order valence-electron chi connectivity index (χ1n) is 9.11. The van der Waals surface area contributed by atoms with Crippen molar-refractivity contribution in [3.05, 3.63) is 10.6 Å². The summed E-state index contributed by atoms with van der Waals surface area (Å²) in [6, 6.07) is -0.295. The fourth-order valence-corrected chi connectivity index (χ4v) is 5.38. The molecule has 10 heteroatoms. The third-order valence-corrected chi connectivity index (χ3v) is 6.86. The highest BCUT2D eigenvalue weighted by Crippen LogP contribution is 2.47. The normalized spacial score (nSPS) is 30.7. The molecule has 9 nitrogen and oxygen atoms in total. The first-order chi connectivity index (χ1) is 12.7. The molecule has 3 aliphatic rings. The number of carbonyl (C=O) groups excluding carboxylic acids is 2. The van der Waals surface area contributed by atoms with E-state index >= 15 is 0 Å². The molecular weight excluding hydrogens is 372 g/mol. The number of primary amides is 1.